The Morgan fingerprint density at radius 3 is 1.41 bits per heavy atom. The number of ether oxygens (including phenoxy) is 2. The average Bonchev–Trinajstić information content (AvgIpc) is 3.42. The van der Waals surface area contributed by atoms with Crippen molar-refractivity contribution in [3.63, 3.8) is 0 Å². The van der Waals surface area contributed by atoms with E-state index in [1.807, 2.05) is 75.4 Å². The zero-order valence-electron chi connectivity index (χ0n) is 30.4. The third-order valence-corrected chi connectivity index (χ3v) is 8.44. The Kier molecular flexibility index (Phi) is 11.6. The lowest BCUT2D eigenvalue weighted by Gasteiger charge is -2.53. The molecule has 0 aliphatic carbocycles. The van der Waals surface area contributed by atoms with Gasteiger partial charge in [-0.25, -0.2) is 9.59 Å². The highest BCUT2D eigenvalue weighted by molar-refractivity contribution is 6.44. The Morgan fingerprint density at radius 1 is 0.686 bits per heavy atom. The number of aryl methyl sites for hydroxylation is 1. The number of ketones is 1. The molecule has 0 unspecified atom stereocenters. The highest BCUT2D eigenvalue weighted by atomic mass is 16.5. The SMILES string of the molecule is Cn1nc(C(C)(C)C)c(C(=O)C(=O)N(CCOC(N)=O)CCOC(N)=O)c1N(C(C)(C)C)C(c1ccccc1)(c1ccccc1)c1ccccc1. The van der Waals surface area contributed by atoms with Crippen LogP contribution >= 0.6 is 0 Å². The lowest BCUT2D eigenvalue weighted by molar-refractivity contribution is -0.127. The van der Waals surface area contributed by atoms with Crippen LogP contribution in [0.25, 0.3) is 0 Å². The number of aromatic nitrogens is 2. The van der Waals surface area contributed by atoms with Crippen molar-refractivity contribution in [2.24, 2.45) is 18.5 Å². The van der Waals surface area contributed by atoms with Gasteiger partial charge in [0.1, 0.15) is 24.6 Å². The number of hydrogen-bond donors (Lipinski definition) is 2. The van der Waals surface area contributed by atoms with Gasteiger partial charge in [-0.15, -0.1) is 0 Å². The monoisotopic (exact) mass is 696 g/mol. The number of amides is 3. The molecule has 0 spiro atoms. The van der Waals surface area contributed by atoms with Crippen molar-refractivity contribution in [2.45, 2.75) is 58.0 Å². The van der Waals surface area contributed by atoms with Crippen molar-refractivity contribution < 1.29 is 28.7 Å². The second-order valence-electron chi connectivity index (χ2n) is 14.2. The lowest BCUT2D eigenvalue weighted by Crippen LogP contribution is -2.58. The molecule has 4 N–H and O–H groups in total. The fraction of sp³-hybridized carbons (Fsp3) is 0.359. The number of primary amides is 2. The first-order valence-electron chi connectivity index (χ1n) is 16.7. The molecule has 0 fully saturated rings. The van der Waals surface area contributed by atoms with E-state index in [4.69, 9.17) is 26.0 Å². The Hall–Kier alpha value is -5.65. The molecular formula is C39H48N6O6. The summed E-state index contributed by atoms with van der Waals surface area (Å²) in [5, 5.41) is 4.96. The number of anilines is 1. The van der Waals surface area contributed by atoms with E-state index < -0.39 is 40.4 Å². The first kappa shape index (κ1) is 38.2. The molecule has 0 radical (unpaired) electrons. The van der Waals surface area contributed by atoms with Crippen molar-refractivity contribution in [3.8, 4) is 0 Å². The number of carbonyl (C=O) groups is 4. The van der Waals surface area contributed by atoms with Gasteiger partial charge in [-0.2, -0.15) is 5.10 Å². The van der Waals surface area contributed by atoms with Crippen LogP contribution in [0.4, 0.5) is 15.4 Å². The third-order valence-electron chi connectivity index (χ3n) is 8.44. The van der Waals surface area contributed by atoms with Crippen LogP contribution in [0.2, 0.25) is 0 Å². The lowest BCUT2D eigenvalue weighted by atomic mass is 9.73. The van der Waals surface area contributed by atoms with E-state index in [-0.39, 0.29) is 31.9 Å². The molecule has 4 aromatic rings. The summed E-state index contributed by atoms with van der Waals surface area (Å²) in [6, 6.07) is 30.1. The Labute approximate surface area is 299 Å². The molecule has 4 rings (SSSR count). The fourth-order valence-electron chi connectivity index (χ4n) is 6.49. The first-order chi connectivity index (χ1) is 24.0. The summed E-state index contributed by atoms with van der Waals surface area (Å²) in [7, 11) is 1.77. The molecule has 0 bridgehead atoms. The van der Waals surface area contributed by atoms with Crippen LogP contribution < -0.4 is 16.4 Å². The van der Waals surface area contributed by atoms with Crippen molar-refractivity contribution in [1.82, 2.24) is 14.7 Å². The van der Waals surface area contributed by atoms with Crippen molar-refractivity contribution in [3.05, 3.63) is 119 Å². The summed E-state index contributed by atoms with van der Waals surface area (Å²) < 4.78 is 11.5. The number of carbonyl (C=O) groups excluding carboxylic acids is 4. The van der Waals surface area contributed by atoms with Gasteiger partial charge in [0.05, 0.1) is 24.3 Å². The average molecular weight is 697 g/mol. The summed E-state index contributed by atoms with van der Waals surface area (Å²) in [4.78, 5) is 55.3. The van der Waals surface area contributed by atoms with Gasteiger partial charge in [0.15, 0.2) is 0 Å². The van der Waals surface area contributed by atoms with Gasteiger partial charge in [-0.05, 0) is 37.5 Å². The van der Waals surface area contributed by atoms with Gasteiger partial charge >= 0.3 is 12.2 Å². The fourth-order valence-corrected chi connectivity index (χ4v) is 6.49. The van der Waals surface area contributed by atoms with E-state index in [0.29, 0.717) is 11.5 Å². The standard InChI is InChI=1S/C39H48N6O6/c1-37(2,3)32-30(31(46)34(47)44(23-25-50-35(40)48)24-26-51-36(41)49)33(43(7)42-32)45(38(4,5)6)39(27-17-11-8-12-18-27,28-19-13-9-14-20-28)29-21-15-10-16-22-29/h8-22H,23-26H2,1-7H3,(H2,40,48)(H2,41,49). The summed E-state index contributed by atoms with van der Waals surface area (Å²) in [5.41, 5.74) is 11.2. The van der Waals surface area contributed by atoms with Crippen molar-refractivity contribution in [2.75, 3.05) is 31.2 Å². The molecule has 270 valence electrons. The zero-order chi connectivity index (χ0) is 37.6. The maximum Gasteiger partial charge on any atom is 0.404 e. The molecule has 12 nitrogen and oxygen atoms in total. The van der Waals surface area contributed by atoms with E-state index in [1.165, 1.54) is 0 Å². The predicted octanol–water partition coefficient (Wildman–Crippen LogP) is 5.52. The topological polar surface area (TPSA) is 163 Å². The molecule has 1 aromatic heterocycles. The Bertz CT molecular complexity index is 1710. The minimum atomic E-state index is -1.05. The second-order valence-corrected chi connectivity index (χ2v) is 14.2. The maximum atomic E-state index is 14.9. The number of benzene rings is 3. The van der Waals surface area contributed by atoms with E-state index >= 15 is 0 Å². The predicted molar refractivity (Wildman–Crippen MR) is 195 cm³/mol. The molecule has 0 saturated heterocycles. The molecule has 0 saturated carbocycles. The molecule has 0 aliphatic heterocycles. The number of Topliss-reactive ketones (excluding diaryl/α,β-unsaturated/α-hetero) is 1. The molecule has 3 aromatic carbocycles. The quantitative estimate of drug-likeness (QED) is 0.105. The summed E-state index contributed by atoms with van der Waals surface area (Å²) in [6.07, 6.45) is -2.07. The number of hydrogen-bond acceptors (Lipinski definition) is 8. The minimum Gasteiger partial charge on any atom is -0.448 e. The maximum absolute atomic E-state index is 14.9. The largest absolute Gasteiger partial charge is 0.448 e. The van der Waals surface area contributed by atoms with Crippen LogP contribution in [0.1, 0.15) is 74.3 Å². The normalized spacial score (nSPS) is 11.8. The van der Waals surface area contributed by atoms with Crippen LogP contribution in [0, 0.1) is 0 Å². The molecule has 1 heterocycles. The van der Waals surface area contributed by atoms with Crippen LogP contribution in [-0.4, -0.2) is 70.4 Å². The summed E-state index contributed by atoms with van der Waals surface area (Å²) in [6.45, 7) is 11.0. The van der Waals surface area contributed by atoms with Gasteiger partial charge in [-0.1, -0.05) is 112 Å². The highest BCUT2D eigenvalue weighted by Crippen LogP contribution is 2.50. The molecule has 51 heavy (non-hydrogen) atoms. The summed E-state index contributed by atoms with van der Waals surface area (Å²) >= 11 is 0. The third kappa shape index (κ3) is 8.22. The van der Waals surface area contributed by atoms with Gasteiger partial charge in [0.2, 0.25) is 0 Å². The van der Waals surface area contributed by atoms with E-state index in [9.17, 15) is 19.2 Å². The van der Waals surface area contributed by atoms with Crippen LogP contribution in [-0.2, 0) is 32.3 Å². The second kappa shape index (κ2) is 15.5. The summed E-state index contributed by atoms with van der Waals surface area (Å²) in [5.74, 6) is -1.32. The number of rotatable bonds is 13. The molecule has 0 atom stereocenters. The van der Waals surface area contributed by atoms with Crippen LogP contribution in [0.5, 0.6) is 0 Å². The van der Waals surface area contributed by atoms with Crippen LogP contribution in [0.3, 0.4) is 0 Å². The molecule has 12 heteroatoms. The van der Waals surface area contributed by atoms with Crippen LogP contribution in [0.15, 0.2) is 91.0 Å². The van der Waals surface area contributed by atoms with Gasteiger partial charge in [0.25, 0.3) is 11.7 Å². The molecular weight excluding hydrogens is 648 g/mol. The molecule has 0 aliphatic rings. The number of nitrogens with two attached hydrogens (primary N) is 2. The zero-order valence-corrected chi connectivity index (χ0v) is 30.4. The van der Waals surface area contributed by atoms with Crippen molar-refractivity contribution in [1.29, 1.82) is 0 Å². The van der Waals surface area contributed by atoms with Gasteiger partial charge < -0.3 is 30.7 Å². The first-order valence-corrected chi connectivity index (χ1v) is 16.7. The highest BCUT2D eigenvalue weighted by Gasteiger charge is 2.50. The van der Waals surface area contributed by atoms with E-state index in [0.717, 1.165) is 21.6 Å². The van der Waals surface area contributed by atoms with Gasteiger partial charge in [0, 0.05) is 18.0 Å². The minimum absolute atomic E-state index is 0.119. The Balaban J connectivity index is 2.09. The van der Waals surface area contributed by atoms with Crippen molar-refractivity contribution >= 4 is 29.7 Å². The number of nitrogens with zero attached hydrogens (tertiary/aromatic N) is 4. The van der Waals surface area contributed by atoms with E-state index in [2.05, 4.69) is 62.1 Å². The Morgan fingerprint density at radius 2 is 1.08 bits per heavy atom. The van der Waals surface area contributed by atoms with Gasteiger partial charge in [-0.3, -0.25) is 14.3 Å². The smallest absolute Gasteiger partial charge is 0.404 e. The molecule has 3 amide bonds. The van der Waals surface area contributed by atoms with E-state index in [1.54, 1.807) is 11.7 Å².